The average molecular weight is 457 g/mol. The van der Waals surface area contributed by atoms with Gasteiger partial charge in [0, 0.05) is 60.5 Å². The zero-order valence-corrected chi connectivity index (χ0v) is 18.9. The first-order chi connectivity index (χ1) is 16.4. The quantitative estimate of drug-likeness (QED) is 0.481. The molecule has 0 atom stereocenters. The van der Waals surface area contributed by atoms with Crippen molar-refractivity contribution in [2.45, 2.75) is 19.9 Å². The van der Waals surface area contributed by atoms with Crippen molar-refractivity contribution in [1.29, 1.82) is 0 Å². The predicted molar refractivity (Wildman–Crippen MR) is 130 cm³/mol. The van der Waals surface area contributed by atoms with Crippen LogP contribution in [0.2, 0.25) is 0 Å². The molecule has 1 aliphatic rings. The van der Waals surface area contributed by atoms with Gasteiger partial charge >= 0.3 is 0 Å². The Morgan fingerprint density at radius 1 is 1.03 bits per heavy atom. The number of anilines is 3. The third kappa shape index (κ3) is 4.03. The maximum absolute atomic E-state index is 12.7. The van der Waals surface area contributed by atoms with E-state index in [1.54, 1.807) is 28.9 Å². The molecule has 172 valence electrons. The fourth-order valence-electron chi connectivity index (χ4n) is 4.28. The van der Waals surface area contributed by atoms with Gasteiger partial charge in [-0.25, -0.2) is 4.68 Å². The predicted octanol–water partition coefficient (Wildman–Crippen LogP) is 3.38. The minimum atomic E-state index is -0.318. The Morgan fingerprint density at radius 2 is 1.74 bits per heavy atom. The molecule has 0 saturated heterocycles. The lowest BCUT2D eigenvalue weighted by molar-refractivity contribution is -0.122. The Kier molecular flexibility index (Phi) is 5.37. The summed E-state index contributed by atoms with van der Waals surface area (Å²) in [5.74, 6) is 0.00484. The monoisotopic (exact) mass is 456 g/mol. The highest BCUT2D eigenvalue weighted by Crippen LogP contribution is 2.33. The summed E-state index contributed by atoms with van der Waals surface area (Å²) in [5, 5.41) is 11.3. The number of benzene rings is 2. The SMILES string of the molecule is CC(=O)Nc1ccc(NC(=O)CN2C(=O)CCn3nc(-c4cn(C)c5ccccc45)cc32)cc1. The molecule has 0 saturated carbocycles. The van der Waals surface area contributed by atoms with E-state index in [2.05, 4.69) is 27.3 Å². The molecule has 0 bridgehead atoms. The second-order valence-electron chi connectivity index (χ2n) is 8.32. The summed E-state index contributed by atoms with van der Waals surface area (Å²) in [6.07, 6.45) is 2.31. The fourth-order valence-corrected chi connectivity index (χ4v) is 4.28. The van der Waals surface area contributed by atoms with E-state index in [0.29, 0.717) is 23.7 Å². The van der Waals surface area contributed by atoms with Crippen LogP contribution in [-0.2, 0) is 28.0 Å². The summed E-state index contributed by atoms with van der Waals surface area (Å²) < 4.78 is 3.84. The minimum Gasteiger partial charge on any atom is -0.350 e. The second-order valence-corrected chi connectivity index (χ2v) is 8.32. The van der Waals surface area contributed by atoms with E-state index < -0.39 is 0 Å². The van der Waals surface area contributed by atoms with Gasteiger partial charge in [-0.15, -0.1) is 0 Å². The van der Waals surface area contributed by atoms with E-state index in [0.717, 1.165) is 22.2 Å². The van der Waals surface area contributed by atoms with E-state index in [1.807, 2.05) is 31.4 Å². The number of carbonyl (C=O) groups is 3. The number of hydrogen-bond acceptors (Lipinski definition) is 4. The number of carbonyl (C=O) groups excluding carboxylic acids is 3. The molecule has 2 aromatic heterocycles. The van der Waals surface area contributed by atoms with E-state index in [-0.39, 0.29) is 30.7 Å². The van der Waals surface area contributed by atoms with Gasteiger partial charge in [-0.3, -0.25) is 19.3 Å². The van der Waals surface area contributed by atoms with Gasteiger partial charge in [0.2, 0.25) is 17.7 Å². The van der Waals surface area contributed by atoms with E-state index in [4.69, 9.17) is 5.10 Å². The lowest BCUT2D eigenvalue weighted by Gasteiger charge is -2.26. The first-order valence-electron chi connectivity index (χ1n) is 11.0. The molecule has 2 aromatic carbocycles. The molecule has 4 aromatic rings. The number of hydrogen-bond donors (Lipinski definition) is 2. The number of aryl methyl sites for hydroxylation is 2. The molecule has 0 spiro atoms. The lowest BCUT2D eigenvalue weighted by atomic mass is 10.1. The third-order valence-electron chi connectivity index (χ3n) is 5.84. The van der Waals surface area contributed by atoms with E-state index in [9.17, 15) is 14.4 Å². The van der Waals surface area contributed by atoms with Crippen molar-refractivity contribution in [3.8, 4) is 11.3 Å². The molecule has 9 heteroatoms. The first-order valence-corrected chi connectivity index (χ1v) is 11.0. The third-order valence-corrected chi connectivity index (χ3v) is 5.84. The van der Waals surface area contributed by atoms with Gasteiger partial charge < -0.3 is 15.2 Å². The minimum absolute atomic E-state index is 0.118. The molecule has 0 unspecified atom stereocenters. The number of rotatable bonds is 5. The molecule has 9 nitrogen and oxygen atoms in total. The number of nitrogens with zero attached hydrogens (tertiary/aromatic N) is 4. The molecule has 34 heavy (non-hydrogen) atoms. The molecule has 5 rings (SSSR count). The molecule has 2 N–H and O–H groups in total. The fraction of sp³-hybridized carbons (Fsp3) is 0.200. The smallest absolute Gasteiger partial charge is 0.244 e. The summed E-state index contributed by atoms with van der Waals surface area (Å²) in [4.78, 5) is 38.1. The summed E-state index contributed by atoms with van der Waals surface area (Å²) in [6, 6.07) is 16.8. The number of amides is 3. The molecular weight excluding hydrogens is 432 g/mol. The van der Waals surface area contributed by atoms with Crippen molar-refractivity contribution in [3.05, 3.63) is 60.8 Å². The van der Waals surface area contributed by atoms with Crippen molar-refractivity contribution in [1.82, 2.24) is 14.3 Å². The molecule has 0 aliphatic carbocycles. The van der Waals surface area contributed by atoms with Crippen LogP contribution < -0.4 is 15.5 Å². The van der Waals surface area contributed by atoms with Gasteiger partial charge in [0.25, 0.3) is 0 Å². The second kappa shape index (κ2) is 8.51. The van der Waals surface area contributed by atoms with Crippen LogP contribution in [0.1, 0.15) is 13.3 Å². The summed E-state index contributed by atoms with van der Waals surface area (Å²) in [6.45, 7) is 1.79. The summed E-state index contributed by atoms with van der Waals surface area (Å²) in [5.41, 5.74) is 4.06. The normalized spacial score (nSPS) is 13.1. The zero-order valence-electron chi connectivity index (χ0n) is 18.9. The number of para-hydroxylation sites is 1. The summed E-state index contributed by atoms with van der Waals surface area (Å²) in [7, 11) is 1.99. The van der Waals surface area contributed by atoms with Crippen molar-refractivity contribution >= 4 is 45.8 Å². The Bertz CT molecular complexity index is 1420. The van der Waals surface area contributed by atoms with Crippen LogP contribution in [-0.4, -0.2) is 38.6 Å². The first kappa shape index (κ1) is 21.4. The number of nitrogens with one attached hydrogen (secondary N) is 2. The van der Waals surface area contributed by atoms with Gasteiger partial charge in [-0.1, -0.05) is 18.2 Å². The largest absolute Gasteiger partial charge is 0.350 e. The lowest BCUT2D eigenvalue weighted by Crippen LogP contribution is -2.42. The average Bonchev–Trinajstić information content (AvgIpc) is 3.38. The van der Waals surface area contributed by atoms with Crippen LogP contribution in [0.5, 0.6) is 0 Å². The van der Waals surface area contributed by atoms with Gasteiger partial charge in [0.15, 0.2) is 0 Å². The number of aromatic nitrogens is 3. The Labute approximate surface area is 196 Å². The molecule has 3 heterocycles. The van der Waals surface area contributed by atoms with E-state index in [1.165, 1.54) is 11.8 Å². The van der Waals surface area contributed by atoms with Gasteiger partial charge in [-0.05, 0) is 30.3 Å². The van der Waals surface area contributed by atoms with Crippen molar-refractivity contribution in [3.63, 3.8) is 0 Å². The van der Waals surface area contributed by atoms with Crippen LogP contribution in [0, 0.1) is 0 Å². The van der Waals surface area contributed by atoms with Crippen molar-refractivity contribution < 1.29 is 14.4 Å². The van der Waals surface area contributed by atoms with Gasteiger partial charge in [0.1, 0.15) is 12.4 Å². The Balaban J connectivity index is 1.37. The van der Waals surface area contributed by atoms with Crippen molar-refractivity contribution in [2.75, 3.05) is 22.1 Å². The van der Waals surface area contributed by atoms with Gasteiger partial charge in [0.05, 0.1) is 12.2 Å². The van der Waals surface area contributed by atoms with Gasteiger partial charge in [-0.2, -0.15) is 5.10 Å². The molecule has 3 amide bonds. The van der Waals surface area contributed by atoms with Crippen LogP contribution in [0.3, 0.4) is 0 Å². The highest BCUT2D eigenvalue weighted by molar-refractivity contribution is 6.03. The molecule has 0 radical (unpaired) electrons. The zero-order chi connectivity index (χ0) is 23.8. The topological polar surface area (TPSA) is 101 Å². The van der Waals surface area contributed by atoms with Crippen LogP contribution in [0.4, 0.5) is 17.2 Å². The molecule has 0 fully saturated rings. The van der Waals surface area contributed by atoms with E-state index >= 15 is 0 Å². The highest BCUT2D eigenvalue weighted by Gasteiger charge is 2.28. The highest BCUT2D eigenvalue weighted by atomic mass is 16.2. The standard InChI is InChI=1S/C25H24N6O3/c1-16(32)26-17-7-9-18(10-8-17)27-23(33)15-30-24-13-21(28-31(24)12-11-25(30)34)20-14-29(2)22-6-4-3-5-19(20)22/h3-10,13-14H,11-12,15H2,1-2H3,(H,26,32)(H,27,33). The molecular formula is C25H24N6O3. The van der Waals surface area contributed by atoms with Crippen LogP contribution in [0.25, 0.3) is 22.2 Å². The van der Waals surface area contributed by atoms with Crippen LogP contribution in [0.15, 0.2) is 60.8 Å². The Hall–Kier alpha value is -4.40. The summed E-state index contributed by atoms with van der Waals surface area (Å²) >= 11 is 0. The van der Waals surface area contributed by atoms with Crippen molar-refractivity contribution in [2.24, 2.45) is 7.05 Å². The molecule has 1 aliphatic heterocycles. The number of fused-ring (bicyclic) bond motifs is 2. The maximum Gasteiger partial charge on any atom is 0.244 e. The van der Waals surface area contributed by atoms with Crippen LogP contribution >= 0.6 is 0 Å². The maximum atomic E-state index is 12.7. The Morgan fingerprint density at radius 3 is 2.47 bits per heavy atom.